The molecule has 1 aliphatic rings. The summed E-state index contributed by atoms with van der Waals surface area (Å²) in [5, 5.41) is 13.9. The molecule has 130 valence electrons. The summed E-state index contributed by atoms with van der Waals surface area (Å²) in [5.74, 6) is -0.148. The number of aryl methyl sites for hydroxylation is 1. The Bertz CT molecular complexity index is 783. The van der Waals surface area contributed by atoms with Crippen LogP contribution >= 0.6 is 0 Å². The summed E-state index contributed by atoms with van der Waals surface area (Å²) in [4.78, 5) is 23.7. The lowest BCUT2D eigenvalue weighted by Crippen LogP contribution is -2.44. The second kappa shape index (κ2) is 7.03. The van der Waals surface area contributed by atoms with Crippen LogP contribution in [-0.2, 0) is 14.9 Å². The minimum Gasteiger partial charge on any atom is -0.381 e. The van der Waals surface area contributed by atoms with Gasteiger partial charge in [-0.3, -0.25) is 14.9 Å². The Balaban J connectivity index is 1.94. The molecule has 0 spiro atoms. The van der Waals surface area contributed by atoms with E-state index in [1.807, 2.05) is 37.3 Å². The number of ether oxygens (including phenoxy) is 1. The number of anilines is 1. The van der Waals surface area contributed by atoms with Crippen molar-refractivity contribution >= 4 is 17.3 Å². The van der Waals surface area contributed by atoms with Crippen molar-refractivity contribution in [1.82, 2.24) is 0 Å². The summed E-state index contributed by atoms with van der Waals surface area (Å²) in [5.41, 5.74) is 1.48. The zero-order valence-corrected chi connectivity index (χ0v) is 14.0. The maximum absolute atomic E-state index is 13.2. The quantitative estimate of drug-likeness (QED) is 0.681. The van der Waals surface area contributed by atoms with E-state index in [0.29, 0.717) is 31.7 Å². The molecule has 0 aliphatic carbocycles. The largest absolute Gasteiger partial charge is 0.381 e. The number of nitro groups is 1. The highest BCUT2D eigenvalue weighted by atomic mass is 16.6. The van der Waals surface area contributed by atoms with E-state index in [4.69, 9.17) is 4.74 Å². The van der Waals surface area contributed by atoms with Gasteiger partial charge in [-0.15, -0.1) is 0 Å². The van der Waals surface area contributed by atoms with Gasteiger partial charge >= 0.3 is 0 Å². The van der Waals surface area contributed by atoms with Crippen molar-refractivity contribution in [3.63, 3.8) is 0 Å². The molecule has 1 heterocycles. The number of nitro benzene ring substituents is 1. The van der Waals surface area contributed by atoms with Gasteiger partial charge in [-0.05, 0) is 30.9 Å². The molecule has 1 amide bonds. The van der Waals surface area contributed by atoms with Crippen LogP contribution < -0.4 is 5.32 Å². The Labute approximate surface area is 146 Å². The SMILES string of the molecule is Cc1ccc([N+](=O)[O-])cc1NC(=O)C1(c2ccccc2)CCOCC1. The lowest BCUT2D eigenvalue weighted by Gasteiger charge is -2.36. The summed E-state index contributed by atoms with van der Waals surface area (Å²) in [6.07, 6.45) is 1.16. The first kappa shape index (κ1) is 17.1. The van der Waals surface area contributed by atoms with Crippen LogP contribution in [0.4, 0.5) is 11.4 Å². The second-order valence-corrected chi connectivity index (χ2v) is 6.27. The molecule has 1 saturated heterocycles. The van der Waals surface area contributed by atoms with Gasteiger partial charge in [0, 0.05) is 25.3 Å². The third kappa shape index (κ3) is 3.39. The molecular weight excluding hydrogens is 320 g/mol. The van der Waals surface area contributed by atoms with Crippen molar-refractivity contribution in [2.45, 2.75) is 25.2 Å². The molecule has 0 bridgehead atoms. The van der Waals surface area contributed by atoms with E-state index in [0.717, 1.165) is 11.1 Å². The van der Waals surface area contributed by atoms with Gasteiger partial charge in [-0.2, -0.15) is 0 Å². The number of benzene rings is 2. The lowest BCUT2D eigenvalue weighted by molar-refractivity contribution is -0.384. The number of carbonyl (C=O) groups is 1. The van der Waals surface area contributed by atoms with Crippen LogP contribution in [-0.4, -0.2) is 24.0 Å². The molecule has 1 fully saturated rings. The molecule has 2 aromatic carbocycles. The van der Waals surface area contributed by atoms with E-state index in [1.54, 1.807) is 6.07 Å². The fraction of sp³-hybridized carbons (Fsp3) is 0.316. The maximum Gasteiger partial charge on any atom is 0.271 e. The number of nitrogens with one attached hydrogen (secondary N) is 1. The summed E-state index contributed by atoms with van der Waals surface area (Å²) in [7, 11) is 0. The molecule has 1 aliphatic heterocycles. The number of amides is 1. The smallest absolute Gasteiger partial charge is 0.271 e. The van der Waals surface area contributed by atoms with Gasteiger partial charge < -0.3 is 10.1 Å². The molecule has 6 nitrogen and oxygen atoms in total. The van der Waals surface area contributed by atoms with Gasteiger partial charge in [0.1, 0.15) is 0 Å². The first-order valence-electron chi connectivity index (χ1n) is 8.23. The zero-order chi connectivity index (χ0) is 17.9. The minimum absolute atomic E-state index is 0.0401. The Morgan fingerprint density at radius 3 is 2.48 bits per heavy atom. The molecule has 0 unspecified atom stereocenters. The fourth-order valence-electron chi connectivity index (χ4n) is 3.22. The lowest BCUT2D eigenvalue weighted by atomic mass is 9.73. The van der Waals surface area contributed by atoms with E-state index >= 15 is 0 Å². The van der Waals surface area contributed by atoms with E-state index in [2.05, 4.69) is 5.32 Å². The highest BCUT2D eigenvalue weighted by Gasteiger charge is 2.41. The monoisotopic (exact) mass is 340 g/mol. The Morgan fingerprint density at radius 2 is 1.84 bits per heavy atom. The van der Waals surface area contributed by atoms with Crippen LogP contribution in [0.5, 0.6) is 0 Å². The molecule has 2 aromatic rings. The number of carbonyl (C=O) groups excluding carboxylic acids is 1. The molecule has 6 heteroatoms. The number of rotatable bonds is 4. The molecule has 1 N–H and O–H groups in total. The van der Waals surface area contributed by atoms with E-state index in [-0.39, 0.29) is 11.6 Å². The summed E-state index contributed by atoms with van der Waals surface area (Å²) in [6, 6.07) is 14.1. The summed E-state index contributed by atoms with van der Waals surface area (Å²) < 4.78 is 5.45. The first-order chi connectivity index (χ1) is 12.0. The number of hydrogen-bond acceptors (Lipinski definition) is 4. The van der Waals surface area contributed by atoms with Crippen molar-refractivity contribution < 1.29 is 14.5 Å². The molecule has 0 radical (unpaired) electrons. The van der Waals surface area contributed by atoms with Gasteiger partial charge in [0.2, 0.25) is 5.91 Å². The Morgan fingerprint density at radius 1 is 1.16 bits per heavy atom. The average molecular weight is 340 g/mol. The first-order valence-corrected chi connectivity index (χ1v) is 8.23. The maximum atomic E-state index is 13.2. The van der Waals surface area contributed by atoms with Crippen molar-refractivity contribution in [1.29, 1.82) is 0 Å². The van der Waals surface area contributed by atoms with Crippen LogP contribution in [0.1, 0.15) is 24.0 Å². The van der Waals surface area contributed by atoms with Gasteiger partial charge in [0.05, 0.1) is 16.0 Å². The topological polar surface area (TPSA) is 81.5 Å². The molecule has 0 saturated carbocycles. The number of non-ortho nitro benzene ring substituents is 1. The number of hydrogen-bond donors (Lipinski definition) is 1. The van der Waals surface area contributed by atoms with Gasteiger partial charge in [0.25, 0.3) is 5.69 Å². The normalized spacial score (nSPS) is 16.2. The fourth-order valence-corrected chi connectivity index (χ4v) is 3.22. The second-order valence-electron chi connectivity index (χ2n) is 6.27. The highest BCUT2D eigenvalue weighted by Crippen LogP contribution is 2.36. The molecule has 0 aromatic heterocycles. The molecule has 25 heavy (non-hydrogen) atoms. The number of nitrogens with zero attached hydrogens (tertiary/aromatic N) is 1. The van der Waals surface area contributed by atoms with E-state index in [1.165, 1.54) is 12.1 Å². The third-order valence-corrected chi connectivity index (χ3v) is 4.79. The van der Waals surface area contributed by atoms with Crippen molar-refractivity contribution in [3.8, 4) is 0 Å². The van der Waals surface area contributed by atoms with Crippen LogP contribution in [0, 0.1) is 17.0 Å². The van der Waals surface area contributed by atoms with Crippen LogP contribution in [0.2, 0.25) is 0 Å². The predicted molar refractivity (Wildman–Crippen MR) is 94.6 cm³/mol. The molecular formula is C19H20N2O4. The molecule has 3 rings (SSSR count). The van der Waals surface area contributed by atoms with Crippen LogP contribution in [0.15, 0.2) is 48.5 Å². The van der Waals surface area contributed by atoms with Gasteiger partial charge in [0.15, 0.2) is 0 Å². The van der Waals surface area contributed by atoms with Crippen molar-refractivity contribution in [2.75, 3.05) is 18.5 Å². The van der Waals surface area contributed by atoms with E-state index < -0.39 is 10.3 Å². The third-order valence-electron chi connectivity index (χ3n) is 4.79. The minimum atomic E-state index is -0.684. The van der Waals surface area contributed by atoms with Gasteiger partial charge in [-0.1, -0.05) is 36.4 Å². The average Bonchev–Trinajstić information content (AvgIpc) is 2.64. The highest BCUT2D eigenvalue weighted by molar-refractivity contribution is 6.00. The van der Waals surface area contributed by atoms with Crippen molar-refractivity contribution in [3.05, 3.63) is 69.8 Å². The van der Waals surface area contributed by atoms with E-state index in [9.17, 15) is 14.9 Å². The van der Waals surface area contributed by atoms with Crippen LogP contribution in [0.3, 0.4) is 0 Å². The van der Waals surface area contributed by atoms with Crippen molar-refractivity contribution in [2.24, 2.45) is 0 Å². The molecule has 0 atom stereocenters. The predicted octanol–water partition coefficient (Wildman–Crippen LogP) is 3.59. The summed E-state index contributed by atoms with van der Waals surface area (Å²) in [6.45, 7) is 2.84. The standard InChI is InChI=1S/C19H20N2O4/c1-14-7-8-16(21(23)24)13-17(14)20-18(22)19(9-11-25-12-10-19)15-5-3-2-4-6-15/h2-8,13H,9-12H2,1H3,(H,20,22). The Hall–Kier alpha value is -2.73. The zero-order valence-electron chi connectivity index (χ0n) is 14.0. The van der Waals surface area contributed by atoms with Crippen LogP contribution in [0.25, 0.3) is 0 Å². The summed E-state index contributed by atoms with van der Waals surface area (Å²) >= 11 is 0. The van der Waals surface area contributed by atoms with Gasteiger partial charge in [-0.25, -0.2) is 0 Å². The Kier molecular flexibility index (Phi) is 4.81.